The number of carboxylic acids is 1. The number of rotatable bonds is 6. The Balaban J connectivity index is 1.87. The monoisotopic (exact) mass is 298 g/mol. The SMILES string of the molecule is CCN(C(=O)NCCc1ncon1)C1COCC1C(=O)O. The van der Waals surface area contributed by atoms with Crippen molar-refractivity contribution in [3.63, 3.8) is 0 Å². The lowest BCUT2D eigenvalue weighted by Gasteiger charge is -2.29. The van der Waals surface area contributed by atoms with E-state index in [9.17, 15) is 9.59 Å². The van der Waals surface area contributed by atoms with Crippen molar-refractivity contribution in [2.24, 2.45) is 5.92 Å². The largest absolute Gasteiger partial charge is 0.481 e. The zero-order valence-electron chi connectivity index (χ0n) is 11.7. The summed E-state index contributed by atoms with van der Waals surface area (Å²) in [4.78, 5) is 28.7. The molecule has 0 spiro atoms. The molecule has 9 heteroatoms. The summed E-state index contributed by atoms with van der Waals surface area (Å²) < 4.78 is 9.79. The highest BCUT2D eigenvalue weighted by Crippen LogP contribution is 2.20. The molecule has 0 aromatic carbocycles. The quantitative estimate of drug-likeness (QED) is 0.743. The molecule has 0 radical (unpaired) electrons. The number of carboxylic acid groups (broad SMARTS) is 1. The van der Waals surface area contributed by atoms with Gasteiger partial charge in [0.2, 0.25) is 6.39 Å². The predicted molar refractivity (Wildman–Crippen MR) is 69.5 cm³/mol. The lowest BCUT2D eigenvalue weighted by Crippen LogP contribution is -2.50. The second-order valence-corrected chi connectivity index (χ2v) is 4.66. The number of aliphatic carboxylic acids is 1. The minimum Gasteiger partial charge on any atom is -0.481 e. The Morgan fingerprint density at radius 1 is 1.52 bits per heavy atom. The van der Waals surface area contributed by atoms with E-state index in [1.165, 1.54) is 11.3 Å². The van der Waals surface area contributed by atoms with Crippen LogP contribution in [0.1, 0.15) is 12.7 Å². The first-order valence-corrected chi connectivity index (χ1v) is 6.73. The highest BCUT2D eigenvalue weighted by atomic mass is 16.5. The summed E-state index contributed by atoms with van der Waals surface area (Å²) >= 11 is 0. The van der Waals surface area contributed by atoms with Crippen LogP contribution in [-0.2, 0) is 16.0 Å². The van der Waals surface area contributed by atoms with Crippen LogP contribution in [0.5, 0.6) is 0 Å². The summed E-state index contributed by atoms with van der Waals surface area (Å²) in [7, 11) is 0. The first-order chi connectivity index (χ1) is 10.1. The first kappa shape index (κ1) is 15.2. The molecule has 0 saturated carbocycles. The van der Waals surface area contributed by atoms with Gasteiger partial charge in [-0.25, -0.2) is 4.79 Å². The van der Waals surface area contributed by atoms with E-state index >= 15 is 0 Å². The number of urea groups is 1. The van der Waals surface area contributed by atoms with E-state index < -0.39 is 17.9 Å². The van der Waals surface area contributed by atoms with Gasteiger partial charge in [0.05, 0.1) is 19.3 Å². The van der Waals surface area contributed by atoms with Gasteiger partial charge in [-0.2, -0.15) is 4.98 Å². The molecule has 2 unspecified atom stereocenters. The molecule has 2 atom stereocenters. The van der Waals surface area contributed by atoms with Gasteiger partial charge < -0.3 is 24.6 Å². The van der Waals surface area contributed by atoms with Crippen molar-refractivity contribution in [1.29, 1.82) is 0 Å². The third-order valence-corrected chi connectivity index (χ3v) is 3.40. The van der Waals surface area contributed by atoms with Crippen LogP contribution in [0.3, 0.4) is 0 Å². The molecule has 2 heterocycles. The number of hydrogen-bond acceptors (Lipinski definition) is 6. The number of carbonyl (C=O) groups excluding carboxylic acids is 1. The fourth-order valence-corrected chi connectivity index (χ4v) is 2.30. The molecule has 1 aliphatic rings. The Morgan fingerprint density at radius 2 is 2.33 bits per heavy atom. The Bertz CT molecular complexity index is 478. The fourth-order valence-electron chi connectivity index (χ4n) is 2.30. The van der Waals surface area contributed by atoms with Gasteiger partial charge in [0.15, 0.2) is 5.82 Å². The number of nitrogens with zero attached hydrogens (tertiary/aromatic N) is 3. The van der Waals surface area contributed by atoms with Gasteiger partial charge >= 0.3 is 12.0 Å². The third-order valence-electron chi connectivity index (χ3n) is 3.40. The molecule has 9 nitrogen and oxygen atoms in total. The second-order valence-electron chi connectivity index (χ2n) is 4.66. The first-order valence-electron chi connectivity index (χ1n) is 6.73. The molecule has 0 aliphatic carbocycles. The van der Waals surface area contributed by atoms with E-state index in [0.717, 1.165) is 0 Å². The van der Waals surface area contributed by atoms with Gasteiger partial charge in [-0.15, -0.1) is 0 Å². The maximum absolute atomic E-state index is 12.2. The topological polar surface area (TPSA) is 118 Å². The minimum atomic E-state index is -0.949. The molecule has 1 aromatic heterocycles. The number of nitrogens with one attached hydrogen (secondary N) is 1. The van der Waals surface area contributed by atoms with Crippen LogP contribution in [-0.4, -0.2) is 64.5 Å². The fraction of sp³-hybridized carbons (Fsp3) is 0.667. The number of hydrogen-bond donors (Lipinski definition) is 2. The van der Waals surface area contributed by atoms with E-state index in [2.05, 4.69) is 20.0 Å². The molecule has 1 saturated heterocycles. The van der Waals surface area contributed by atoms with Crippen LogP contribution >= 0.6 is 0 Å². The lowest BCUT2D eigenvalue weighted by molar-refractivity contribution is -0.142. The molecule has 1 aromatic rings. The maximum Gasteiger partial charge on any atom is 0.317 e. The highest BCUT2D eigenvalue weighted by Gasteiger charge is 2.39. The number of likely N-dealkylation sites (N-methyl/N-ethyl adjacent to an activating group) is 1. The summed E-state index contributed by atoms with van der Waals surface area (Å²) in [6.45, 7) is 2.93. The minimum absolute atomic E-state index is 0.132. The number of amides is 2. The van der Waals surface area contributed by atoms with Crippen molar-refractivity contribution < 1.29 is 24.0 Å². The van der Waals surface area contributed by atoms with Crippen molar-refractivity contribution in [3.05, 3.63) is 12.2 Å². The number of carbonyl (C=O) groups is 2. The number of ether oxygens (including phenoxy) is 1. The lowest BCUT2D eigenvalue weighted by atomic mass is 10.0. The van der Waals surface area contributed by atoms with E-state index in [-0.39, 0.29) is 19.2 Å². The predicted octanol–water partition coefficient (Wildman–Crippen LogP) is -0.257. The van der Waals surface area contributed by atoms with Gasteiger partial charge in [-0.05, 0) is 6.92 Å². The molecular weight excluding hydrogens is 280 g/mol. The summed E-state index contributed by atoms with van der Waals surface area (Å²) in [6.07, 6.45) is 1.67. The normalized spacial score (nSPS) is 21.2. The van der Waals surface area contributed by atoms with E-state index in [4.69, 9.17) is 9.84 Å². The van der Waals surface area contributed by atoms with Crippen LogP contribution in [0.4, 0.5) is 4.79 Å². The van der Waals surface area contributed by atoms with Crippen molar-refractivity contribution in [3.8, 4) is 0 Å². The summed E-state index contributed by atoms with van der Waals surface area (Å²) in [5.74, 6) is -1.13. The van der Waals surface area contributed by atoms with Crippen LogP contribution < -0.4 is 5.32 Å². The van der Waals surface area contributed by atoms with Crippen molar-refractivity contribution in [2.75, 3.05) is 26.3 Å². The highest BCUT2D eigenvalue weighted by molar-refractivity contribution is 5.77. The van der Waals surface area contributed by atoms with E-state index in [0.29, 0.717) is 25.3 Å². The average Bonchev–Trinajstić information content (AvgIpc) is 3.10. The zero-order valence-corrected chi connectivity index (χ0v) is 11.7. The van der Waals surface area contributed by atoms with Crippen LogP contribution in [0.25, 0.3) is 0 Å². The molecule has 2 amide bonds. The third kappa shape index (κ3) is 3.69. The van der Waals surface area contributed by atoms with Gasteiger partial charge in [0.1, 0.15) is 5.92 Å². The van der Waals surface area contributed by atoms with Crippen LogP contribution in [0.2, 0.25) is 0 Å². The van der Waals surface area contributed by atoms with Crippen LogP contribution in [0, 0.1) is 5.92 Å². The smallest absolute Gasteiger partial charge is 0.317 e. The Morgan fingerprint density at radius 3 is 2.95 bits per heavy atom. The van der Waals surface area contributed by atoms with Crippen molar-refractivity contribution in [2.45, 2.75) is 19.4 Å². The molecule has 2 N–H and O–H groups in total. The molecule has 1 aliphatic heterocycles. The maximum atomic E-state index is 12.2. The summed E-state index contributed by atoms with van der Waals surface area (Å²) in [5.41, 5.74) is 0. The standard InChI is InChI=1S/C12H18N4O5/c1-2-16(9-6-20-5-8(9)11(17)18)12(19)13-4-3-10-14-7-21-15-10/h7-9H,2-6H2,1H3,(H,13,19)(H,17,18). The second kappa shape index (κ2) is 7.02. The van der Waals surface area contributed by atoms with Crippen molar-refractivity contribution >= 4 is 12.0 Å². The molecule has 1 fully saturated rings. The van der Waals surface area contributed by atoms with E-state index in [1.807, 2.05) is 0 Å². The molecule has 0 bridgehead atoms. The molecular formula is C12H18N4O5. The van der Waals surface area contributed by atoms with Gasteiger partial charge in [-0.3, -0.25) is 4.79 Å². The van der Waals surface area contributed by atoms with Crippen LogP contribution in [0.15, 0.2) is 10.9 Å². The van der Waals surface area contributed by atoms with Gasteiger partial charge in [0, 0.05) is 19.5 Å². The zero-order chi connectivity index (χ0) is 15.2. The number of aromatic nitrogens is 2. The average molecular weight is 298 g/mol. The summed E-state index contributed by atoms with van der Waals surface area (Å²) in [6, 6.07) is -0.763. The molecule has 2 rings (SSSR count). The van der Waals surface area contributed by atoms with Crippen molar-refractivity contribution in [1.82, 2.24) is 20.4 Å². The van der Waals surface area contributed by atoms with E-state index in [1.54, 1.807) is 6.92 Å². The Hall–Kier alpha value is -2.16. The summed E-state index contributed by atoms with van der Waals surface area (Å²) in [5, 5.41) is 15.5. The van der Waals surface area contributed by atoms with Gasteiger partial charge in [0.25, 0.3) is 0 Å². The Labute approximate surface area is 121 Å². The Kier molecular flexibility index (Phi) is 5.09. The van der Waals surface area contributed by atoms with Gasteiger partial charge in [-0.1, -0.05) is 5.16 Å². The molecule has 116 valence electrons. The molecule has 21 heavy (non-hydrogen) atoms.